The fourth-order valence-corrected chi connectivity index (χ4v) is 7.24. The van der Waals surface area contributed by atoms with E-state index in [1.54, 1.807) is 42.5 Å². The molecule has 280 valence electrons. The van der Waals surface area contributed by atoms with Gasteiger partial charge in [-0.15, -0.1) is 0 Å². The molecule has 9 rings (SSSR count). The summed E-state index contributed by atoms with van der Waals surface area (Å²) in [6, 6.07) is 44.3. The molecule has 0 saturated heterocycles. The number of hydrogen-bond donors (Lipinski definition) is 0. The molecule has 6 aromatic carbocycles. The predicted molar refractivity (Wildman–Crippen MR) is 229 cm³/mol. The summed E-state index contributed by atoms with van der Waals surface area (Å²) in [5.41, 5.74) is 8.43. The Labute approximate surface area is 334 Å². The first-order valence-electron chi connectivity index (χ1n) is 19.0. The largest absolute Gasteiger partial charge is 0.421 e. The molecule has 0 radical (unpaired) electrons. The highest BCUT2D eigenvalue weighted by molar-refractivity contribution is 6.19. The Bertz CT molecular complexity index is 3150. The molecule has 0 spiro atoms. The highest BCUT2D eigenvalue weighted by atomic mass is 16.5. The van der Waals surface area contributed by atoms with Gasteiger partial charge in [-0.3, -0.25) is 14.0 Å². The van der Waals surface area contributed by atoms with Crippen LogP contribution in [0.4, 0.5) is 0 Å². The van der Waals surface area contributed by atoms with Crippen molar-refractivity contribution in [2.45, 2.75) is 27.7 Å². The normalized spacial score (nSPS) is 11.3. The second-order valence-corrected chi connectivity index (χ2v) is 14.6. The third-order valence-electron chi connectivity index (χ3n) is 10.4. The number of ketones is 1. The van der Waals surface area contributed by atoms with Gasteiger partial charge < -0.3 is 4.74 Å². The number of ether oxygens (including phenoxy) is 1. The average Bonchev–Trinajstić information content (AvgIpc) is 3.24. The number of carbonyl (C=O) groups excluding carboxylic acids is 2. The summed E-state index contributed by atoms with van der Waals surface area (Å²) in [4.78, 5) is 61.1. The lowest BCUT2D eigenvalue weighted by Gasteiger charge is -2.21. The van der Waals surface area contributed by atoms with Crippen LogP contribution in [0, 0.1) is 27.7 Å². The Morgan fingerprint density at radius 3 is 1.52 bits per heavy atom. The molecule has 8 nitrogen and oxygen atoms in total. The van der Waals surface area contributed by atoms with Gasteiger partial charge in [0.2, 0.25) is 0 Å². The van der Waals surface area contributed by atoms with E-state index in [0.717, 1.165) is 22.3 Å². The number of benzene rings is 6. The summed E-state index contributed by atoms with van der Waals surface area (Å²) in [7, 11) is 0. The van der Waals surface area contributed by atoms with Crippen molar-refractivity contribution in [3.63, 3.8) is 0 Å². The summed E-state index contributed by atoms with van der Waals surface area (Å²) in [5.74, 6) is -1.45. The van der Waals surface area contributed by atoms with Gasteiger partial charge >= 0.3 is 5.97 Å². The van der Waals surface area contributed by atoms with Crippen LogP contribution < -0.4 is 10.3 Å². The van der Waals surface area contributed by atoms with Crippen molar-refractivity contribution in [2.24, 2.45) is 0 Å². The Kier molecular flexibility index (Phi) is 9.01. The number of para-hydroxylation sites is 4. The van der Waals surface area contributed by atoms with Crippen LogP contribution in [-0.2, 0) is 0 Å². The van der Waals surface area contributed by atoms with Crippen molar-refractivity contribution in [1.82, 2.24) is 19.4 Å². The minimum atomic E-state index is -0.751. The number of fused-ring (bicyclic) bond motifs is 4. The van der Waals surface area contributed by atoms with E-state index >= 15 is 9.59 Å². The zero-order valence-corrected chi connectivity index (χ0v) is 32.3. The van der Waals surface area contributed by atoms with Gasteiger partial charge in [0, 0.05) is 16.7 Å². The van der Waals surface area contributed by atoms with E-state index in [0.29, 0.717) is 50.1 Å². The smallest absolute Gasteiger partial charge is 0.343 e. The average molecular weight is 757 g/mol. The molecular formula is C50H36N4O4. The van der Waals surface area contributed by atoms with E-state index in [1.807, 2.05) is 131 Å². The number of aromatic nitrogens is 4. The van der Waals surface area contributed by atoms with Crippen LogP contribution in [0.2, 0.25) is 0 Å². The van der Waals surface area contributed by atoms with Crippen molar-refractivity contribution in [3.8, 4) is 39.5 Å². The van der Waals surface area contributed by atoms with Crippen molar-refractivity contribution in [3.05, 3.63) is 195 Å². The minimum absolute atomic E-state index is 0.0162. The molecule has 0 saturated carbocycles. The number of pyridine rings is 1. The van der Waals surface area contributed by atoms with Crippen molar-refractivity contribution < 1.29 is 14.3 Å². The summed E-state index contributed by atoms with van der Waals surface area (Å²) in [6.07, 6.45) is 0. The molecule has 0 aliphatic rings. The molecule has 3 heterocycles. The van der Waals surface area contributed by atoms with Gasteiger partial charge in [0.15, 0.2) is 11.5 Å². The van der Waals surface area contributed by atoms with Crippen molar-refractivity contribution in [2.75, 3.05) is 0 Å². The summed E-state index contributed by atoms with van der Waals surface area (Å²) >= 11 is 0. The maximum absolute atomic E-state index is 15.9. The number of rotatable bonds is 7. The third kappa shape index (κ3) is 6.40. The topological polar surface area (TPSA) is 104 Å². The predicted octanol–water partition coefficient (Wildman–Crippen LogP) is 10.5. The van der Waals surface area contributed by atoms with Crippen LogP contribution in [0.15, 0.2) is 150 Å². The zero-order chi connectivity index (χ0) is 40.1. The Morgan fingerprint density at radius 1 is 0.500 bits per heavy atom. The molecule has 0 aliphatic carbocycles. The van der Waals surface area contributed by atoms with Gasteiger partial charge in [0.25, 0.3) is 5.56 Å². The summed E-state index contributed by atoms with van der Waals surface area (Å²) in [5, 5.41) is 0. The maximum Gasteiger partial charge on any atom is 0.343 e. The van der Waals surface area contributed by atoms with Crippen LogP contribution in [0.5, 0.6) is 5.75 Å². The Morgan fingerprint density at radius 2 is 0.948 bits per heavy atom. The number of aryl methyl sites for hydroxylation is 4. The lowest BCUT2D eigenvalue weighted by Crippen LogP contribution is -2.25. The number of hydrogen-bond acceptors (Lipinski definition) is 7. The van der Waals surface area contributed by atoms with E-state index in [4.69, 9.17) is 19.7 Å². The fourth-order valence-electron chi connectivity index (χ4n) is 7.24. The van der Waals surface area contributed by atoms with Crippen LogP contribution >= 0.6 is 0 Å². The second kappa shape index (κ2) is 14.5. The first-order chi connectivity index (χ1) is 28.1. The molecule has 0 bridgehead atoms. The molecule has 9 aromatic rings. The monoisotopic (exact) mass is 756 g/mol. The van der Waals surface area contributed by atoms with Gasteiger partial charge in [-0.05, 0) is 64.1 Å². The highest BCUT2D eigenvalue weighted by Crippen LogP contribution is 2.42. The molecule has 0 fully saturated rings. The van der Waals surface area contributed by atoms with E-state index in [1.165, 1.54) is 4.40 Å². The highest BCUT2D eigenvalue weighted by Gasteiger charge is 2.33. The molecule has 8 heteroatoms. The second-order valence-electron chi connectivity index (χ2n) is 14.6. The fraction of sp³-hybridized carbons (Fsp3) is 0.0800. The maximum atomic E-state index is 15.9. The molecule has 3 aromatic heterocycles. The van der Waals surface area contributed by atoms with Gasteiger partial charge in [-0.2, -0.15) is 0 Å². The first-order valence-corrected chi connectivity index (χ1v) is 19.0. The lowest BCUT2D eigenvalue weighted by molar-refractivity contribution is 0.0734. The first kappa shape index (κ1) is 36.1. The van der Waals surface area contributed by atoms with Gasteiger partial charge in [0.05, 0.1) is 50.1 Å². The molecule has 0 atom stereocenters. The van der Waals surface area contributed by atoms with Crippen LogP contribution in [-0.4, -0.2) is 31.1 Å². The number of nitrogens with zero attached hydrogens (tertiary/aromatic N) is 4. The molecular weight excluding hydrogens is 721 g/mol. The van der Waals surface area contributed by atoms with Gasteiger partial charge in [-0.1, -0.05) is 131 Å². The quantitative estimate of drug-likeness (QED) is 0.0906. The van der Waals surface area contributed by atoms with E-state index in [-0.39, 0.29) is 33.7 Å². The van der Waals surface area contributed by atoms with E-state index in [2.05, 4.69) is 0 Å². The van der Waals surface area contributed by atoms with Crippen molar-refractivity contribution >= 4 is 39.3 Å². The number of carbonyl (C=O) groups is 2. The van der Waals surface area contributed by atoms with Crippen molar-refractivity contribution in [1.29, 1.82) is 0 Å². The zero-order valence-electron chi connectivity index (χ0n) is 32.3. The lowest BCUT2D eigenvalue weighted by atomic mass is 9.94. The molecule has 0 unspecified atom stereocenters. The summed E-state index contributed by atoms with van der Waals surface area (Å²) in [6.45, 7) is 7.83. The van der Waals surface area contributed by atoms with Gasteiger partial charge in [-0.25, -0.2) is 19.7 Å². The standard InChI is InChI=1S/C50H36N4O4/c1-29-13-21-33(22-14-29)43-45(52-38-10-6-5-9-37(38)51-43)41-48(58-50(57)36-27-19-32(4)20-28-36)42(47(55)35-25-17-31(3)18-26-35)46-44(34-23-15-30(2)16-24-34)53-39-11-7-8-12-40(39)54(46)49(41)56/h5-28H,1-4H3. The summed E-state index contributed by atoms with van der Waals surface area (Å²) < 4.78 is 8.01. The SMILES string of the molecule is Cc1ccc(C(=O)Oc2c(-c3nc4ccccc4nc3-c3ccc(C)cc3)c(=O)n3c(c(-c4ccc(C)cc4)nc4ccccc43)c2C(=O)c2ccc(C)cc2)cc1. The van der Waals surface area contributed by atoms with Crippen LogP contribution in [0.1, 0.15) is 48.5 Å². The number of esters is 1. The molecule has 0 amide bonds. The van der Waals surface area contributed by atoms with Crippen LogP contribution in [0.3, 0.4) is 0 Å². The van der Waals surface area contributed by atoms with Gasteiger partial charge in [0.1, 0.15) is 11.3 Å². The van der Waals surface area contributed by atoms with E-state index < -0.39 is 17.3 Å². The molecule has 0 N–H and O–H groups in total. The Balaban J connectivity index is 1.51. The minimum Gasteiger partial charge on any atom is -0.421 e. The molecule has 58 heavy (non-hydrogen) atoms. The molecule has 0 aliphatic heterocycles. The van der Waals surface area contributed by atoms with Crippen LogP contribution in [0.25, 0.3) is 61.4 Å². The third-order valence-corrected chi connectivity index (χ3v) is 10.4. The van der Waals surface area contributed by atoms with E-state index in [9.17, 15) is 4.79 Å². The Hall–Kier alpha value is -7.58.